The smallest absolute Gasteiger partial charge is 0.256 e. The van der Waals surface area contributed by atoms with Gasteiger partial charge >= 0.3 is 0 Å². The second-order valence-electron chi connectivity index (χ2n) is 8.25. The van der Waals surface area contributed by atoms with Gasteiger partial charge in [-0.15, -0.1) is 11.3 Å². The average Bonchev–Trinajstić information content (AvgIpc) is 3.42. The fourth-order valence-corrected chi connectivity index (χ4v) is 5.35. The number of benzene rings is 1. The van der Waals surface area contributed by atoms with Gasteiger partial charge in [0.2, 0.25) is 5.91 Å². The van der Waals surface area contributed by atoms with Crippen molar-refractivity contribution in [1.29, 1.82) is 0 Å². The number of carbonyl (C=O) groups is 2. The molecule has 0 radical (unpaired) electrons. The minimum atomic E-state index is -0.181. The van der Waals surface area contributed by atoms with Crippen molar-refractivity contribution in [2.45, 2.75) is 39.8 Å². The molecule has 5 rings (SSSR count). The molecule has 1 aromatic carbocycles. The molecule has 1 N–H and O–H groups in total. The Bertz CT molecular complexity index is 1340. The van der Waals surface area contributed by atoms with Crippen LogP contribution in [0, 0.1) is 0 Å². The highest BCUT2D eigenvalue weighted by atomic mass is 32.1. The molecule has 7 nitrogen and oxygen atoms in total. The predicted molar refractivity (Wildman–Crippen MR) is 130 cm³/mol. The Morgan fingerprint density at radius 1 is 1.24 bits per heavy atom. The van der Waals surface area contributed by atoms with E-state index in [1.807, 2.05) is 29.3 Å². The summed E-state index contributed by atoms with van der Waals surface area (Å²) in [4.78, 5) is 37.9. The zero-order chi connectivity index (χ0) is 22.9. The molecule has 0 saturated carbocycles. The Balaban J connectivity index is 1.63. The molecular formula is C25H25N5O2S. The van der Waals surface area contributed by atoms with Gasteiger partial charge in [-0.1, -0.05) is 13.0 Å². The van der Waals surface area contributed by atoms with Crippen molar-refractivity contribution < 1.29 is 9.59 Å². The van der Waals surface area contributed by atoms with E-state index in [-0.39, 0.29) is 11.8 Å². The lowest BCUT2D eigenvalue weighted by molar-refractivity contribution is -0.114. The molecule has 3 aromatic heterocycles. The maximum absolute atomic E-state index is 13.8. The Kier molecular flexibility index (Phi) is 5.68. The zero-order valence-corrected chi connectivity index (χ0v) is 19.5. The molecular weight excluding hydrogens is 434 g/mol. The molecule has 2 amide bonds. The number of aryl methyl sites for hydroxylation is 1. The first-order valence-corrected chi connectivity index (χ1v) is 12.0. The van der Waals surface area contributed by atoms with E-state index in [1.165, 1.54) is 17.4 Å². The van der Waals surface area contributed by atoms with Crippen LogP contribution in [0.5, 0.6) is 0 Å². The van der Waals surface area contributed by atoms with E-state index in [4.69, 9.17) is 4.98 Å². The number of aromatic nitrogens is 3. The Hall–Kier alpha value is -3.52. The largest absolute Gasteiger partial charge is 0.334 e. The SMILES string of the molecule is CCc1nc2cc(NC(C)=O)cc(C(=O)N3CCc4sccc4C3)c2n1Cc1cccnc1. The molecule has 0 saturated heterocycles. The van der Waals surface area contributed by atoms with Gasteiger partial charge in [-0.05, 0) is 47.2 Å². The lowest BCUT2D eigenvalue weighted by Crippen LogP contribution is -2.35. The van der Waals surface area contributed by atoms with E-state index in [9.17, 15) is 9.59 Å². The molecule has 4 heterocycles. The van der Waals surface area contributed by atoms with E-state index in [0.717, 1.165) is 29.7 Å². The summed E-state index contributed by atoms with van der Waals surface area (Å²) in [6.45, 7) is 5.37. The molecule has 4 aromatic rings. The normalized spacial score (nSPS) is 13.2. The molecule has 168 valence electrons. The summed E-state index contributed by atoms with van der Waals surface area (Å²) < 4.78 is 2.11. The summed E-state index contributed by atoms with van der Waals surface area (Å²) in [5, 5.41) is 4.92. The van der Waals surface area contributed by atoms with Crippen molar-refractivity contribution in [3.05, 3.63) is 75.5 Å². The monoisotopic (exact) mass is 459 g/mol. The number of nitrogens with one attached hydrogen (secondary N) is 1. The van der Waals surface area contributed by atoms with E-state index in [1.54, 1.807) is 23.6 Å². The zero-order valence-electron chi connectivity index (χ0n) is 18.7. The topological polar surface area (TPSA) is 80.1 Å². The number of anilines is 1. The summed E-state index contributed by atoms with van der Waals surface area (Å²) in [6, 6.07) is 9.67. The van der Waals surface area contributed by atoms with Crippen molar-refractivity contribution in [3.8, 4) is 0 Å². The molecule has 0 fully saturated rings. The minimum Gasteiger partial charge on any atom is -0.334 e. The lowest BCUT2D eigenvalue weighted by atomic mass is 10.1. The fourth-order valence-electron chi connectivity index (χ4n) is 4.46. The first-order valence-electron chi connectivity index (χ1n) is 11.1. The van der Waals surface area contributed by atoms with Gasteiger partial charge in [0.05, 0.1) is 23.1 Å². The summed E-state index contributed by atoms with van der Waals surface area (Å²) >= 11 is 1.75. The highest BCUT2D eigenvalue weighted by Crippen LogP contribution is 2.30. The van der Waals surface area contributed by atoms with Crippen molar-refractivity contribution in [1.82, 2.24) is 19.4 Å². The van der Waals surface area contributed by atoms with E-state index >= 15 is 0 Å². The lowest BCUT2D eigenvalue weighted by Gasteiger charge is -2.27. The molecule has 0 spiro atoms. The summed E-state index contributed by atoms with van der Waals surface area (Å²) in [7, 11) is 0. The predicted octanol–water partition coefficient (Wildman–Crippen LogP) is 4.26. The number of imidazole rings is 1. The first kappa shape index (κ1) is 21.3. The minimum absolute atomic E-state index is 0.0426. The molecule has 33 heavy (non-hydrogen) atoms. The van der Waals surface area contributed by atoms with Gasteiger partial charge in [0.25, 0.3) is 5.91 Å². The van der Waals surface area contributed by atoms with Gasteiger partial charge in [0, 0.05) is 49.4 Å². The van der Waals surface area contributed by atoms with Gasteiger partial charge in [0.1, 0.15) is 5.82 Å². The number of hydrogen-bond donors (Lipinski definition) is 1. The molecule has 8 heteroatoms. The molecule has 0 aliphatic carbocycles. The van der Waals surface area contributed by atoms with Crippen molar-refractivity contribution in [3.63, 3.8) is 0 Å². The number of thiophene rings is 1. The molecule has 0 atom stereocenters. The van der Waals surface area contributed by atoms with Gasteiger partial charge in [-0.25, -0.2) is 4.98 Å². The number of rotatable bonds is 5. The van der Waals surface area contributed by atoms with Crippen molar-refractivity contribution in [2.24, 2.45) is 0 Å². The Morgan fingerprint density at radius 2 is 2.12 bits per heavy atom. The van der Waals surface area contributed by atoms with Crippen LogP contribution in [0.25, 0.3) is 11.0 Å². The van der Waals surface area contributed by atoms with Crippen LogP contribution in [0.1, 0.15) is 46.0 Å². The van der Waals surface area contributed by atoms with E-state index < -0.39 is 0 Å². The third-order valence-corrected chi connectivity index (χ3v) is 6.97. The van der Waals surface area contributed by atoms with Crippen LogP contribution in [0.15, 0.2) is 48.1 Å². The van der Waals surface area contributed by atoms with Crippen LogP contribution in [-0.2, 0) is 30.7 Å². The van der Waals surface area contributed by atoms with Crippen LogP contribution in [-0.4, -0.2) is 37.8 Å². The van der Waals surface area contributed by atoms with Crippen LogP contribution in [0.3, 0.4) is 0 Å². The van der Waals surface area contributed by atoms with Crippen LogP contribution >= 0.6 is 11.3 Å². The van der Waals surface area contributed by atoms with Crippen molar-refractivity contribution >= 4 is 39.9 Å². The average molecular weight is 460 g/mol. The van der Waals surface area contributed by atoms with E-state index in [2.05, 4.69) is 33.2 Å². The number of hydrogen-bond acceptors (Lipinski definition) is 5. The standard InChI is InChI=1S/C25H25N5O2S/c1-3-23-28-21-12-19(27-16(2)31)11-20(24(21)30(23)14-17-5-4-8-26-13-17)25(32)29-9-6-22-18(15-29)7-10-33-22/h4-5,7-8,10-13H,3,6,9,14-15H2,1-2H3,(H,27,31). The Labute approximate surface area is 196 Å². The number of carbonyl (C=O) groups excluding carboxylic acids is 2. The quantitative estimate of drug-likeness (QED) is 0.484. The van der Waals surface area contributed by atoms with Crippen molar-refractivity contribution in [2.75, 3.05) is 11.9 Å². The Morgan fingerprint density at radius 3 is 2.88 bits per heavy atom. The number of nitrogens with zero attached hydrogens (tertiary/aromatic N) is 4. The number of fused-ring (bicyclic) bond motifs is 2. The first-order chi connectivity index (χ1) is 16.0. The molecule has 1 aliphatic rings. The number of amides is 2. The fraction of sp³-hybridized carbons (Fsp3) is 0.280. The summed E-state index contributed by atoms with van der Waals surface area (Å²) in [5.41, 5.74) is 4.90. The maximum atomic E-state index is 13.8. The van der Waals surface area contributed by atoms with Gasteiger partial charge in [-0.3, -0.25) is 14.6 Å². The maximum Gasteiger partial charge on any atom is 0.256 e. The number of pyridine rings is 1. The molecule has 0 unspecified atom stereocenters. The second kappa shape index (κ2) is 8.78. The summed E-state index contributed by atoms with van der Waals surface area (Å²) in [6.07, 6.45) is 5.17. The summed E-state index contributed by atoms with van der Waals surface area (Å²) in [5.74, 6) is 0.667. The second-order valence-corrected chi connectivity index (χ2v) is 9.25. The highest BCUT2D eigenvalue weighted by molar-refractivity contribution is 7.10. The van der Waals surface area contributed by atoms with Crippen LogP contribution in [0.2, 0.25) is 0 Å². The van der Waals surface area contributed by atoms with Gasteiger partial charge in [0.15, 0.2) is 0 Å². The third-order valence-electron chi connectivity index (χ3n) is 5.95. The third kappa shape index (κ3) is 4.14. The highest BCUT2D eigenvalue weighted by Gasteiger charge is 2.27. The van der Waals surface area contributed by atoms with Gasteiger partial charge in [-0.2, -0.15) is 0 Å². The molecule has 1 aliphatic heterocycles. The van der Waals surface area contributed by atoms with Gasteiger partial charge < -0.3 is 14.8 Å². The molecule has 0 bridgehead atoms. The van der Waals surface area contributed by atoms with E-state index in [0.29, 0.717) is 36.4 Å². The van der Waals surface area contributed by atoms with Crippen LogP contribution < -0.4 is 5.32 Å². The van der Waals surface area contributed by atoms with Crippen LogP contribution in [0.4, 0.5) is 5.69 Å².